The number of hydrogen-bond donors (Lipinski definition) is 1. The summed E-state index contributed by atoms with van der Waals surface area (Å²) in [4.78, 5) is 30.8. The molecule has 0 aliphatic carbocycles. The van der Waals surface area contributed by atoms with Gasteiger partial charge in [0.2, 0.25) is 0 Å². The number of aromatic carboxylic acids is 1. The summed E-state index contributed by atoms with van der Waals surface area (Å²) in [5.74, 6) is -1.02. The molecule has 150 valence electrons. The molecule has 0 atom stereocenters. The quantitative estimate of drug-likeness (QED) is 0.655. The molecule has 1 N–H and O–H groups in total. The molecule has 1 aromatic heterocycles. The van der Waals surface area contributed by atoms with Crippen molar-refractivity contribution in [2.24, 2.45) is 0 Å². The normalized spacial score (nSPS) is 11.3. The van der Waals surface area contributed by atoms with Gasteiger partial charge in [0.1, 0.15) is 5.69 Å². The summed E-state index contributed by atoms with van der Waals surface area (Å²) in [6.07, 6.45) is 3.54. The molecule has 6 heteroatoms. The van der Waals surface area contributed by atoms with E-state index in [-0.39, 0.29) is 16.8 Å². The van der Waals surface area contributed by atoms with Gasteiger partial charge >= 0.3 is 5.97 Å². The van der Waals surface area contributed by atoms with Crippen LogP contribution in [0, 0.1) is 0 Å². The zero-order valence-electron chi connectivity index (χ0n) is 16.9. The number of carboxylic acids is 1. The van der Waals surface area contributed by atoms with Crippen LogP contribution in [0.2, 0.25) is 0 Å². The molecule has 0 saturated carbocycles. The van der Waals surface area contributed by atoms with Crippen molar-refractivity contribution in [2.45, 2.75) is 27.3 Å². The summed E-state index contributed by atoms with van der Waals surface area (Å²) < 4.78 is 1.61. The lowest BCUT2D eigenvalue weighted by molar-refractivity contribution is 0.0697. The lowest BCUT2D eigenvalue weighted by Crippen LogP contribution is -2.23. The van der Waals surface area contributed by atoms with Crippen LogP contribution in [0.3, 0.4) is 0 Å². The Morgan fingerprint density at radius 1 is 1.07 bits per heavy atom. The SMILES string of the molecule is CCN(CC)c1ccc(/C=C/c2nc3cc(C(=O)O)ccc3n(CC)c2=O)cc1. The van der Waals surface area contributed by atoms with Crippen LogP contribution in [0.25, 0.3) is 23.2 Å². The number of carboxylic acid groups (broad SMARTS) is 1. The monoisotopic (exact) mass is 391 g/mol. The molecule has 0 saturated heterocycles. The van der Waals surface area contributed by atoms with Crippen LogP contribution in [0.15, 0.2) is 47.3 Å². The first-order chi connectivity index (χ1) is 14.0. The van der Waals surface area contributed by atoms with Crippen LogP contribution in [0.1, 0.15) is 42.4 Å². The minimum atomic E-state index is -1.02. The molecule has 3 rings (SSSR count). The molecule has 0 aliphatic heterocycles. The molecular formula is C23H25N3O3. The van der Waals surface area contributed by atoms with Crippen molar-refractivity contribution in [1.82, 2.24) is 9.55 Å². The van der Waals surface area contributed by atoms with Gasteiger partial charge in [0, 0.05) is 25.3 Å². The number of carbonyl (C=O) groups is 1. The van der Waals surface area contributed by atoms with Crippen LogP contribution in [-0.2, 0) is 6.54 Å². The van der Waals surface area contributed by atoms with Crippen molar-refractivity contribution in [3.8, 4) is 0 Å². The molecule has 29 heavy (non-hydrogen) atoms. The second-order valence-electron chi connectivity index (χ2n) is 6.65. The first kappa shape index (κ1) is 20.3. The van der Waals surface area contributed by atoms with Crippen LogP contribution in [-0.4, -0.2) is 33.7 Å². The Balaban J connectivity index is 1.99. The van der Waals surface area contributed by atoms with Crippen molar-refractivity contribution >= 4 is 34.8 Å². The van der Waals surface area contributed by atoms with Gasteiger partial charge in [0.15, 0.2) is 0 Å². The van der Waals surface area contributed by atoms with Gasteiger partial charge in [-0.05, 0) is 62.7 Å². The first-order valence-electron chi connectivity index (χ1n) is 9.79. The van der Waals surface area contributed by atoms with E-state index in [1.807, 2.05) is 25.1 Å². The van der Waals surface area contributed by atoms with Crippen LogP contribution in [0.5, 0.6) is 0 Å². The van der Waals surface area contributed by atoms with E-state index in [4.69, 9.17) is 0 Å². The van der Waals surface area contributed by atoms with Gasteiger partial charge in [0.05, 0.1) is 16.6 Å². The van der Waals surface area contributed by atoms with Crippen LogP contribution in [0.4, 0.5) is 5.69 Å². The van der Waals surface area contributed by atoms with Gasteiger partial charge in [-0.2, -0.15) is 0 Å². The third kappa shape index (κ3) is 4.21. The van der Waals surface area contributed by atoms with Gasteiger partial charge in [0.25, 0.3) is 5.56 Å². The Kier molecular flexibility index (Phi) is 6.12. The summed E-state index contributed by atoms with van der Waals surface area (Å²) in [6, 6.07) is 12.8. The fourth-order valence-electron chi connectivity index (χ4n) is 3.38. The zero-order chi connectivity index (χ0) is 21.0. The number of fused-ring (bicyclic) bond motifs is 1. The Bertz CT molecular complexity index is 1110. The topological polar surface area (TPSA) is 75.4 Å². The van der Waals surface area contributed by atoms with E-state index in [2.05, 4.69) is 35.9 Å². The molecule has 2 aromatic carbocycles. The maximum atomic E-state index is 12.8. The lowest BCUT2D eigenvalue weighted by atomic mass is 10.1. The largest absolute Gasteiger partial charge is 0.478 e. The standard InChI is InChI=1S/C23H25N3O3/c1-4-25(5-2)18-11-7-16(8-12-18)9-13-19-22(27)26(6-3)21-14-10-17(23(28)29)15-20(21)24-19/h7-15H,4-6H2,1-3H3,(H,28,29)/b13-9+. The van der Waals surface area contributed by atoms with Crippen molar-refractivity contribution in [3.63, 3.8) is 0 Å². The Morgan fingerprint density at radius 3 is 2.34 bits per heavy atom. The van der Waals surface area contributed by atoms with Crippen molar-refractivity contribution < 1.29 is 9.90 Å². The number of rotatable bonds is 7. The smallest absolute Gasteiger partial charge is 0.335 e. The highest BCUT2D eigenvalue weighted by molar-refractivity contribution is 5.92. The number of anilines is 1. The second-order valence-corrected chi connectivity index (χ2v) is 6.65. The molecular weight excluding hydrogens is 366 g/mol. The fraction of sp³-hybridized carbons (Fsp3) is 0.261. The average Bonchev–Trinajstić information content (AvgIpc) is 2.73. The second kappa shape index (κ2) is 8.73. The van der Waals surface area contributed by atoms with Gasteiger partial charge in [-0.3, -0.25) is 4.79 Å². The number of benzene rings is 2. The predicted molar refractivity (Wildman–Crippen MR) is 118 cm³/mol. The summed E-state index contributed by atoms with van der Waals surface area (Å²) in [5.41, 5.74) is 3.48. The molecule has 0 fully saturated rings. The van der Waals surface area contributed by atoms with E-state index in [1.54, 1.807) is 16.7 Å². The first-order valence-corrected chi connectivity index (χ1v) is 9.79. The fourth-order valence-corrected chi connectivity index (χ4v) is 3.38. The van der Waals surface area contributed by atoms with Crippen molar-refractivity contribution in [2.75, 3.05) is 18.0 Å². The molecule has 0 spiro atoms. The van der Waals surface area contributed by atoms with E-state index >= 15 is 0 Å². The summed E-state index contributed by atoms with van der Waals surface area (Å²) >= 11 is 0. The highest BCUT2D eigenvalue weighted by Gasteiger charge is 2.11. The Morgan fingerprint density at radius 2 is 1.76 bits per heavy atom. The van der Waals surface area contributed by atoms with Gasteiger partial charge in [-0.1, -0.05) is 18.2 Å². The minimum Gasteiger partial charge on any atom is -0.478 e. The molecule has 3 aromatic rings. The third-order valence-corrected chi connectivity index (χ3v) is 4.99. The zero-order valence-corrected chi connectivity index (χ0v) is 16.9. The molecule has 0 aliphatic rings. The number of hydrogen-bond acceptors (Lipinski definition) is 4. The minimum absolute atomic E-state index is 0.147. The average molecular weight is 391 g/mol. The van der Waals surface area contributed by atoms with Gasteiger partial charge < -0.3 is 14.6 Å². The molecule has 0 radical (unpaired) electrons. The molecule has 0 amide bonds. The highest BCUT2D eigenvalue weighted by atomic mass is 16.4. The lowest BCUT2D eigenvalue weighted by Gasteiger charge is -2.20. The Labute approximate surface area is 169 Å². The maximum Gasteiger partial charge on any atom is 0.335 e. The van der Waals surface area contributed by atoms with Crippen LogP contribution >= 0.6 is 0 Å². The van der Waals surface area contributed by atoms with Gasteiger partial charge in [-0.25, -0.2) is 9.78 Å². The maximum absolute atomic E-state index is 12.8. The molecule has 1 heterocycles. The van der Waals surface area contributed by atoms with Gasteiger partial charge in [-0.15, -0.1) is 0 Å². The number of aryl methyl sites for hydroxylation is 1. The third-order valence-electron chi connectivity index (χ3n) is 4.99. The van der Waals surface area contributed by atoms with Crippen molar-refractivity contribution in [1.29, 1.82) is 0 Å². The summed E-state index contributed by atoms with van der Waals surface area (Å²) in [5, 5.41) is 9.23. The van der Waals surface area contributed by atoms with E-state index in [0.717, 1.165) is 24.3 Å². The van der Waals surface area contributed by atoms with E-state index in [1.165, 1.54) is 12.1 Å². The Hall–Kier alpha value is -3.41. The number of nitrogens with zero attached hydrogens (tertiary/aromatic N) is 3. The predicted octanol–water partition coefficient (Wildman–Crippen LogP) is 4.13. The summed E-state index contributed by atoms with van der Waals surface area (Å²) in [7, 11) is 0. The van der Waals surface area contributed by atoms with E-state index in [0.29, 0.717) is 17.6 Å². The van der Waals surface area contributed by atoms with Crippen LogP contribution < -0.4 is 10.5 Å². The van der Waals surface area contributed by atoms with E-state index in [9.17, 15) is 14.7 Å². The molecule has 0 unspecified atom stereocenters. The highest BCUT2D eigenvalue weighted by Crippen LogP contribution is 2.17. The van der Waals surface area contributed by atoms with Crippen molar-refractivity contribution in [3.05, 3.63) is 69.6 Å². The van der Waals surface area contributed by atoms with E-state index < -0.39 is 5.97 Å². The number of aromatic nitrogens is 2. The molecule has 6 nitrogen and oxygen atoms in total. The summed E-state index contributed by atoms with van der Waals surface area (Å²) in [6.45, 7) is 8.49. The molecule has 0 bridgehead atoms.